The second-order valence-corrected chi connectivity index (χ2v) is 11.1. The van der Waals surface area contributed by atoms with Gasteiger partial charge in [-0.3, -0.25) is 14.2 Å². The van der Waals surface area contributed by atoms with Crippen molar-refractivity contribution < 1.29 is 17.6 Å². The maximum absolute atomic E-state index is 13.3. The van der Waals surface area contributed by atoms with Gasteiger partial charge >= 0.3 is 0 Å². The summed E-state index contributed by atoms with van der Waals surface area (Å²) in [7, 11) is -3.11. The fourth-order valence-electron chi connectivity index (χ4n) is 4.04. The minimum atomic E-state index is -3.11. The average Bonchev–Trinajstić information content (AvgIpc) is 3.15. The van der Waals surface area contributed by atoms with Crippen molar-refractivity contribution in [2.24, 2.45) is 0 Å². The monoisotopic (exact) mass is 489 g/mol. The van der Waals surface area contributed by atoms with Crippen molar-refractivity contribution in [1.29, 1.82) is 0 Å². The molecule has 10 heteroatoms. The summed E-state index contributed by atoms with van der Waals surface area (Å²) in [5.41, 5.74) is 1.02. The van der Waals surface area contributed by atoms with Crippen LogP contribution in [0.4, 0.5) is 4.39 Å². The molecule has 1 atom stereocenters. The van der Waals surface area contributed by atoms with E-state index in [1.54, 1.807) is 41.3 Å². The molecule has 33 heavy (non-hydrogen) atoms. The third kappa shape index (κ3) is 5.27. The number of carbonyl (C=O) groups excluding carboxylic acids is 1. The Kier molecular flexibility index (Phi) is 6.85. The first-order chi connectivity index (χ1) is 15.8. The number of para-hydroxylation sites is 1. The summed E-state index contributed by atoms with van der Waals surface area (Å²) in [6.07, 6.45) is 0.441. The van der Waals surface area contributed by atoms with E-state index >= 15 is 0 Å². The van der Waals surface area contributed by atoms with E-state index < -0.39 is 9.84 Å². The maximum atomic E-state index is 13.3. The van der Waals surface area contributed by atoms with Gasteiger partial charge in [-0.2, -0.15) is 0 Å². The second kappa shape index (κ2) is 9.64. The van der Waals surface area contributed by atoms with E-state index in [-0.39, 0.29) is 47.1 Å². The predicted octanol–water partition coefficient (Wildman–Crippen LogP) is 2.71. The van der Waals surface area contributed by atoms with E-state index in [1.165, 1.54) is 16.7 Å². The van der Waals surface area contributed by atoms with Crippen LogP contribution in [0.5, 0.6) is 0 Å². The van der Waals surface area contributed by atoms with Gasteiger partial charge in [0.05, 0.1) is 34.7 Å². The van der Waals surface area contributed by atoms with Gasteiger partial charge in [0.1, 0.15) is 5.82 Å². The standard InChI is InChI=1S/C23H24FN3O4S2/c1-2-26(18-11-12-33(30,31)15-18)21(28)14-32-23-25-20-6-4-3-5-19(20)22(29)27(23)13-16-7-9-17(24)10-8-16/h3-10,18H,2,11-15H2,1H3/t18-/m0/s1. The van der Waals surface area contributed by atoms with Crippen LogP contribution in [0.1, 0.15) is 18.9 Å². The zero-order valence-electron chi connectivity index (χ0n) is 18.1. The number of amides is 1. The molecule has 3 aromatic rings. The molecule has 0 radical (unpaired) electrons. The average molecular weight is 490 g/mol. The van der Waals surface area contributed by atoms with E-state index in [1.807, 2.05) is 6.92 Å². The molecular formula is C23H24FN3O4S2. The normalized spacial score (nSPS) is 17.3. The van der Waals surface area contributed by atoms with Gasteiger partial charge in [0.2, 0.25) is 5.91 Å². The fraction of sp³-hybridized carbons (Fsp3) is 0.348. The summed E-state index contributed by atoms with van der Waals surface area (Å²) in [6, 6.07) is 12.6. The van der Waals surface area contributed by atoms with E-state index in [4.69, 9.17) is 0 Å². The smallest absolute Gasteiger partial charge is 0.262 e. The summed E-state index contributed by atoms with van der Waals surface area (Å²) in [4.78, 5) is 32.4. The lowest BCUT2D eigenvalue weighted by atomic mass is 10.2. The molecule has 1 fully saturated rings. The summed E-state index contributed by atoms with van der Waals surface area (Å²) in [6.45, 7) is 2.42. The van der Waals surface area contributed by atoms with E-state index in [9.17, 15) is 22.4 Å². The number of hydrogen-bond donors (Lipinski definition) is 0. The summed E-state index contributed by atoms with van der Waals surface area (Å²) < 4.78 is 38.5. The van der Waals surface area contributed by atoms with E-state index in [2.05, 4.69) is 4.98 Å². The van der Waals surface area contributed by atoms with Crippen LogP contribution in [0.25, 0.3) is 10.9 Å². The van der Waals surface area contributed by atoms with Gasteiger partial charge in [-0.1, -0.05) is 36.0 Å². The number of benzene rings is 2. The highest BCUT2D eigenvalue weighted by molar-refractivity contribution is 7.99. The lowest BCUT2D eigenvalue weighted by molar-refractivity contribution is -0.129. The molecule has 4 rings (SSSR count). The molecule has 1 aromatic heterocycles. The van der Waals surface area contributed by atoms with Crippen LogP contribution in [0, 0.1) is 5.82 Å². The topological polar surface area (TPSA) is 89.3 Å². The fourth-order valence-corrected chi connectivity index (χ4v) is 6.65. The van der Waals surface area contributed by atoms with Gasteiger partial charge in [-0.25, -0.2) is 17.8 Å². The van der Waals surface area contributed by atoms with Crippen LogP contribution in [0.2, 0.25) is 0 Å². The van der Waals surface area contributed by atoms with Gasteiger partial charge < -0.3 is 4.90 Å². The molecule has 1 saturated heterocycles. The molecule has 1 amide bonds. The minimum absolute atomic E-state index is 0.0131. The summed E-state index contributed by atoms with van der Waals surface area (Å²) in [5.74, 6) is -0.450. The number of halogens is 1. The second-order valence-electron chi connectivity index (χ2n) is 7.95. The van der Waals surface area contributed by atoms with Gasteiger partial charge in [0.15, 0.2) is 15.0 Å². The van der Waals surface area contributed by atoms with Crippen molar-refractivity contribution in [3.05, 3.63) is 70.3 Å². The van der Waals surface area contributed by atoms with Crippen molar-refractivity contribution in [3.63, 3.8) is 0 Å². The Balaban J connectivity index is 1.61. The van der Waals surface area contributed by atoms with Gasteiger partial charge in [0, 0.05) is 12.6 Å². The molecular weight excluding hydrogens is 465 g/mol. The zero-order valence-corrected chi connectivity index (χ0v) is 19.7. The Hall–Kier alpha value is -2.72. The number of nitrogens with zero attached hydrogens (tertiary/aromatic N) is 3. The number of sulfone groups is 1. The number of rotatable bonds is 7. The molecule has 0 saturated carbocycles. The van der Waals surface area contributed by atoms with Gasteiger partial charge in [-0.05, 0) is 43.2 Å². The molecule has 0 spiro atoms. The number of hydrogen-bond acceptors (Lipinski definition) is 6. The van der Waals surface area contributed by atoms with Crippen LogP contribution in [0.15, 0.2) is 58.5 Å². The lowest BCUT2D eigenvalue weighted by Crippen LogP contribution is -2.42. The zero-order chi connectivity index (χ0) is 23.6. The first kappa shape index (κ1) is 23.4. The molecule has 1 aliphatic heterocycles. The first-order valence-corrected chi connectivity index (χ1v) is 13.4. The van der Waals surface area contributed by atoms with Crippen molar-refractivity contribution in [3.8, 4) is 0 Å². The lowest BCUT2D eigenvalue weighted by Gasteiger charge is -2.26. The summed E-state index contributed by atoms with van der Waals surface area (Å²) >= 11 is 1.15. The van der Waals surface area contributed by atoms with Crippen molar-refractivity contribution in [2.45, 2.75) is 31.1 Å². The maximum Gasteiger partial charge on any atom is 0.262 e. The molecule has 174 valence electrons. The Bertz CT molecular complexity index is 1340. The van der Waals surface area contributed by atoms with E-state index in [0.717, 1.165) is 17.3 Å². The Labute approximate surface area is 195 Å². The third-order valence-electron chi connectivity index (χ3n) is 5.72. The van der Waals surface area contributed by atoms with Crippen molar-refractivity contribution in [1.82, 2.24) is 14.5 Å². The van der Waals surface area contributed by atoms with Crippen molar-refractivity contribution in [2.75, 3.05) is 23.8 Å². The highest BCUT2D eigenvalue weighted by Gasteiger charge is 2.33. The number of thioether (sulfide) groups is 1. The van der Waals surface area contributed by atoms with Crippen LogP contribution in [0.3, 0.4) is 0 Å². The van der Waals surface area contributed by atoms with Crippen LogP contribution >= 0.6 is 11.8 Å². The Morgan fingerprint density at radius 2 is 1.94 bits per heavy atom. The van der Waals surface area contributed by atoms with Crippen molar-refractivity contribution >= 4 is 38.4 Å². The minimum Gasteiger partial charge on any atom is -0.338 e. The number of carbonyl (C=O) groups is 1. The molecule has 1 aliphatic rings. The van der Waals surface area contributed by atoms with Crippen LogP contribution < -0.4 is 5.56 Å². The molecule has 0 bridgehead atoms. The predicted molar refractivity (Wildman–Crippen MR) is 127 cm³/mol. The van der Waals surface area contributed by atoms with E-state index in [0.29, 0.717) is 29.0 Å². The summed E-state index contributed by atoms with van der Waals surface area (Å²) in [5, 5.41) is 0.841. The number of fused-ring (bicyclic) bond motifs is 1. The molecule has 0 aliphatic carbocycles. The molecule has 0 N–H and O–H groups in total. The van der Waals surface area contributed by atoms with Gasteiger partial charge in [0.25, 0.3) is 5.56 Å². The SMILES string of the molecule is CCN(C(=O)CSc1nc2ccccc2c(=O)n1Cc1ccc(F)cc1)[C@H]1CCS(=O)(=O)C1. The highest BCUT2D eigenvalue weighted by Crippen LogP contribution is 2.22. The third-order valence-corrected chi connectivity index (χ3v) is 8.43. The highest BCUT2D eigenvalue weighted by atomic mass is 32.2. The number of aromatic nitrogens is 2. The Morgan fingerprint density at radius 1 is 1.21 bits per heavy atom. The molecule has 7 nitrogen and oxygen atoms in total. The molecule has 2 heterocycles. The van der Waals surface area contributed by atoms with Crippen LogP contribution in [-0.4, -0.2) is 58.6 Å². The largest absolute Gasteiger partial charge is 0.338 e. The Morgan fingerprint density at radius 3 is 2.61 bits per heavy atom. The first-order valence-electron chi connectivity index (χ1n) is 10.6. The quantitative estimate of drug-likeness (QED) is 0.375. The molecule has 0 unspecified atom stereocenters. The molecule has 2 aromatic carbocycles. The van der Waals surface area contributed by atoms with Gasteiger partial charge in [-0.15, -0.1) is 0 Å². The van der Waals surface area contributed by atoms with Crippen LogP contribution in [-0.2, 0) is 21.2 Å².